The summed E-state index contributed by atoms with van der Waals surface area (Å²) < 4.78 is 29.3. The Morgan fingerprint density at radius 2 is 1.59 bits per heavy atom. The second-order valence-corrected chi connectivity index (χ2v) is 14.1. The SMILES string of the molecule is C/C=C(\C)CC.CCCC.CCCCC.CCCCC1CCO1.Cc1ccc(-c2noc(=O)[nH]2)cc1C.Cc1cccc(OCc2ccc(Br)cc2F)n1. The Morgan fingerprint density at radius 1 is 0.926 bits per heavy atom. The fraction of sp³-hybridized carbons (Fsp3) is 0.533. The summed E-state index contributed by atoms with van der Waals surface area (Å²) >= 11 is 3.21. The third-order valence-corrected chi connectivity index (χ3v) is 8.90. The highest BCUT2D eigenvalue weighted by Crippen LogP contribution is 2.19. The number of halogens is 2. The minimum atomic E-state index is -0.529. The zero-order valence-corrected chi connectivity index (χ0v) is 36.7. The quantitative estimate of drug-likeness (QED) is 0.152. The first-order valence-electron chi connectivity index (χ1n) is 19.8. The maximum atomic E-state index is 13.5. The van der Waals surface area contributed by atoms with E-state index in [2.05, 4.69) is 97.0 Å². The van der Waals surface area contributed by atoms with Gasteiger partial charge in [-0.2, -0.15) is 0 Å². The molecular formula is C45H69BrFN3O4. The van der Waals surface area contributed by atoms with Gasteiger partial charge in [0.1, 0.15) is 12.4 Å². The van der Waals surface area contributed by atoms with Gasteiger partial charge in [-0.15, -0.1) is 0 Å². The van der Waals surface area contributed by atoms with E-state index < -0.39 is 5.76 Å². The van der Waals surface area contributed by atoms with Gasteiger partial charge in [-0.1, -0.05) is 143 Å². The third-order valence-electron chi connectivity index (χ3n) is 8.40. The van der Waals surface area contributed by atoms with Crippen molar-refractivity contribution < 1.29 is 18.4 Å². The van der Waals surface area contributed by atoms with E-state index in [1.54, 1.807) is 18.2 Å². The first-order valence-corrected chi connectivity index (χ1v) is 20.6. The number of benzene rings is 2. The monoisotopic (exact) mass is 813 g/mol. The predicted octanol–water partition coefficient (Wildman–Crippen LogP) is 13.8. The number of unbranched alkanes of at least 4 members (excludes halogenated alkanes) is 4. The molecule has 54 heavy (non-hydrogen) atoms. The number of rotatable bonds is 11. The van der Waals surface area contributed by atoms with Gasteiger partial charge < -0.3 is 9.47 Å². The molecule has 9 heteroatoms. The molecule has 1 saturated heterocycles. The van der Waals surface area contributed by atoms with Crippen molar-refractivity contribution in [3.05, 3.63) is 109 Å². The van der Waals surface area contributed by atoms with Crippen molar-refractivity contribution in [2.24, 2.45) is 0 Å². The van der Waals surface area contributed by atoms with E-state index in [-0.39, 0.29) is 12.4 Å². The topological polar surface area (TPSA) is 90.2 Å². The molecule has 0 amide bonds. The highest BCUT2D eigenvalue weighted by Gasteiger charge is 2.16. The van der Waals surface area contributed by atoms with E-state index in [1.165, 1.54) is 81.4 Å². The normalized spacial score (nSPS) is 12.7. The molecule has 1 aliphatic heterocycles. The van der Waals surface area contributed by atoms with Crippen molar-refractivity contribution in [1.29, 1.82) is 0 Å². The van der Waals surface area contributed by atoms with Crippen LogP contribution < -0.4 is 10.5 Å². The predicted molar refractivity (Wildman–Crippen MR) is 229 cm³/mol. The number of nitrogens with one attached hydrogen (secondary N) is 1. The molecule has 1 aliphatic rings. The van der Waals surface area contributed by atoms with Crippen molar-refractivity contribution in [2.75, 3.05) is 6.61 Å². The number of nitrogens with zero attached hydrogens (tertiary/aromatic N) is 2. The van der Waals surface area contributed by atoms with Crippen molar-refractivity contribution in [3.63, 3.8) is 0 Å². The van der Waals surface area contributed by atoms with Crippen LogP contribution in [-0.2, 0) is 11.3 Å². The second kappa shape index (κ2) is 31.8. The van der Waals surface area contributed by atoms with Crippen LogP contribution in [-0.4, -0.2) is 27.8 Å². The Hall–Kier alpha value is -3.56. The smallest absolute Gasteiger partial charge is 0.439 e. The lowest BCUT2D eigenvalue weighted by atomic mass is 10.1. The van der Waals surface area contributed by atoms with Gasteiger partial charge >= 0.3 is 5.76 Å². The van der Waals surface area contributed by atoms with Gasteiger partial charge in [0.05, 0.1) is 6.10 Å². The van der Waals surface area contributed by atoms with Gasteiger partial charge in [0, 0.05) is 34.0 Å². The number of ether oxygens (including phenoxy) is 2. The number of hydrogen-bond donors (Lipinski definition) is 1. The standard InChI is InChI=1S/C13H11BrFNO.C10H10N2O2.C7H14O.C6H12.C5H12.C4H10/c1-9-3-2-4-13(16-9)17-8-10-5-6-11(14)7-12(10)15;1-6-3-4-8(5-7(6)2)9-11-10(13)14-12-9;1-2-3-4-7-5-6-8-7;1-4-6(3)5-2;1-3-5-4-2;1-3-4-2/h2-7H,8H2,1H3;3-5H,1-2H3,(H,11,12,13);7H,2-6H2,1H3;4H,5H2,1-3H3;3-5H2,1-2H3;3-4H2,1-2H3/b;;;6-4+;;. The molecule has 0 saturated carbocycles. The van der Waals surface area contributed by atoms with E-state index in [0.29, 0.717) is 27.8 Å². The summed E-state index contributed by atoms with van der Waals surface area (Å²) in [5.41, 5.74) is 6.08. The number of hydrogen-bond acceptors (Lipinski definition) is 6. The van der Waals surface area contributed by atoms with Crippen LogP contribution in [0.5, 0.6) is 5.88 Å². The molecule has 1 unspecified atom stereocenters. The maximum Gasteiger partial charge on any atom is 0.439 e. The largest absolute Gasteiger partial charge is 0.473 e. The van der Waals surface area contributed by atoms with Crippen LogP contribution in [0.15, 0.2) is 80.0 Å². The Morgan fingerprint density at radius 3 is 2.02 bits per heavy atom. The van der Waals surface area contributed by atoms with Crippen LogP contribution in [0.3, 0.4) is 0 Å². The second-order valence-electron chi connectivity index (χ2n) is 13.2. The van der Waals surface area contributed by atoms with Gasteiger partial charge in [-0.25, -0.2) is 14.2 Å². The molecule has 5 rings (SSSR count). The van der Waals surface area contributed by atoms with E-state index in [4.69, 9.17) is 9.47 Å². The van der Waals surface area contributed by atoms with Gasteiger partial charge in [-0.05, 0) is 89.3 Å². The van der Waals surface area contributed by atoms with Crippen LogP contribution in [0.4, 0.5) is 4.39 Å². The molecule has 1 atom stereocenters. The molecule has 1 fully saturated rings. The number of H-pyrrole nitrogens is 1. The zero-order valence-electron chi connectivity index (χ0n) is 35.1. The van der Waals surface area contributed by atoms with Gasteiger partial charge in [-0.3, -0.25) is 9.51 Å². The molecule has 0 radical (unpaired) electrons. The third kappa shape index (κ3) is 24.0. The van der Waals surface area contributed by atoms with Crippen LogP contribution in [0.2, 0.25) is 0 Å². The molecule has 0 spiro atoms. The molecule has 3 heterocycles. The van der Waals surface area contributed by atoms with Crippen molar-refractivity contribution >= 4 is 15.9 Å². The number of allylic oxidation sites excluding steroid dienone is 2. The fourth-order valence-electron chi connectivity index (χ4n) is 4.13. The molecule has 2 aromatic carbocycles. The Bertz CT molecular complexity index is 1610. The number of aryl methyl sites for hydroxylation is 3. The number of aromatic amines is 1. The summed E-state index contributed by atoms with van der Waals surface area (Å²) in [6, 6.07) is 16.2. The van der Waals surface area contributed by atoms with Gasteiger partial charge in [0.25, 0.3) is 0 Å². The lowest BCUT2D eigenvalue weighted by molar-refractivity contribution is -0.0553. The minimum Gasteiger partial charge on any atom is -0.473 e. The maximum absolute atomic E-state index is 13.5. The van der Waals surface area contributed by atoms with Crippen LogP contribution in [0.25, 0.3) is 11.4 Å². The zero-order chi connectivity index (χ0) is 40.7. The Labute approximate surface area is 334 Å². The lowest BCUT2D eigenvalue weighted by Crippen LogP contribution is -2.26. The highest BCUT2D eigenvalue weighted by molar-refractivity contribution is 9.10. The van der Waals surface area contributed by atoms with Crippen LogP contribution in [0, 0.1) is 26.6 Å². The molecule has 0 bridgehead atoms. The summed E-state index contributed by atoms with van der Waals surface area (Å²) in [5, 5.41) is 3.61. The average Bonchev–Trinajstić information content (AvgIpc) is 3.59. The first-order chi connectivity index (χ1) is 25.9. The summed E-state index contributed by atoms with van der Waals surface area (Å²) in [6.45, 7) is 24.5. The summed E-state index contributed by atoms with van der Waals surface area (Å²) in [5.74, 6) is 0.163. The summed E-state index contributed by atoms with van der Waals surface area (Å²) in [6.07, 6.45) is 15.9. The van der Waals surface area contributed by atoms with Crippen LogP contribution in [0.1, 0.15) is 142 Å². The first kappa shape index (κ1) is 50.4. The molecule has 2 aromatic heterocycles. The highest BCUT2D eigenvalue weighted by atomic mass is 79.9. The summed E-state index contributed by atoms with van der Waals surface area (Å²) in [4.78, 5) is 17.4. The molecule has 0 aliphatic carbocycles. The van der Waals surface area contributed by atoms with E-state index in [1.807, 2.05) is 51.1 Å². The minimum absolute atomic E-state index is 0.176. The molecule has 1 N–H and O–H groups in total. The molecule has 302 valence electrons. The van der Waals surface area contributed by atoms with Crippen molar-refractivity contribution in [3.8, 4) is 17.3 Å². The Balaban J connectivity index is 0.000000679. The van der Waals surface area contributed by atoms with E-state index in [0.717, 1.165) is 23.4 Å². The Kier molecular flexibility index (Phi) is 29.7. The van der Waals surface area contributed by atoms with Gasteiger partial charge in [0.2, 0.25) is 5.88 Å². The van der Waals surface area contributed by atoms with E-state index in [9.17, 15) is 9.18 Å². The molecule has 4 aromatic rings. The number of pyridine rings is 1. The average molecular weight is 815 g/mol. The summed E-state index contributed by atoms with van der Waals surface area (Å²) in [7, 11) is 0. The molecular weight excluding hydrogens is 745 g/mol. The van der Waals surface area contributed by atoms with E-state index >= 15 is 0 Å². The van der Waals surface area contributed by atoms with Crippen molar-refractivity contribution in [2.45, 2.75) is 153 Å². The van der Waals surface area contributed by atoms with Crippen LogP contribution >= 0.6 is 15.9 Å². The van der Waals surface area contributed by atoms with Gasteiger partial charge in [0.15, 0.2) is 5.82 Å². The lowest BCUT2D eigenvalue weighted by Gasteiger charge is -2.25. The fourth-order valence-corrected chi connectivity index (χ4v) is 4.47. The number of aromatic nitrogens is 3. The molecule has 7 nitrogen and oxygen atoms in total. The van der Waals surface area contributed by atoms with Crippen molar-refractivity contribution in [1.82, 2.24) is 15.1 Å².